The first kappa shape index (κ1) is 17.5. The second-order valence-electron chi connectivity index (χ2n) is 6.31. The van der Waals surface area contributed by atoms with Gasteiger partial charge in [-0.15, -0.1) is 11.3 Å². The van der Waals surface area contributed by atoms with E-state index in [9.17, 15) is 4.79 Å². The SMILES string of the molecule is O=C([C@@H]1COc2ccccc2O1)N(CCc1cccs1)Cc1cccnc1. The van der Waals surface area contributed by atoms with Crippen LogP contribution >= 0.6 is 11.3 Å². The molecule has 27 heavy (non-hydrogen) atoms. The number of hydrogen-bond donors (Lipinski definition) is 0. The Kier molecular flexibility index (Phi) is 5.34. The number of hydrogen-bond acceptors (Lipinski definition) is 5. The highest BCUT2D eigenvalue weighted by Gasteiger charge is 2.31. The molecular formula is C21H20N2O3S. The Labute approximate surface area is 162 Å². The lowest BCUT2D eigenvalue weighted by Crippen LogP contribution is -2.46. The molecule has 1 aliphatic heterocycles. The number of benzene rings is 1. The summed E-state index contributed by atoms with van der Waals surface area (Å²) in [5.41, 5.74) is 0.995. The molecule has 2 aromatic heterocycles. The van der Waals surface area contributed by atoms with Crippen molar-refractivity contribution in [2.75, 3.05) is 13.2 Å². The smallest absolute Gasteiger partial charge is 0.267 e. The molecule has 3 aromatic rings. The number of carbonyl (C=O) groups excluding carboxylic acids is 1. The number of fused-ring (bicyclic) bond motifs is 1. The van der Waals surface area contributed by atoms with Crippen molar-refractivity contribution in [3.05, 3.63) is 76.7 Å². The van der Waals surface area contributed by atoms with Crippen LogP contribution in [0.1, 0.15) is 10.4 Å². The van der Waals surface area contributed by atoms with Crippen molar-refractivity contribution < 1.29 is 14.3 Å². The zero-order valence-corrected chi connectivity index (χ0v) is 15.6. The van der Waals surface area contributed by atoms with E-state index in [-0.39, 0.29) is 12.5 Å². The van der Waals surface area contributed by atoms with Crippen LogP contribution in [0, 0.1) is 0 Å². The largest absolute Gasteiger partial charge is 0.485 e. The number of nitrogens with zero attached hydrogens (tertiary/aromatic N) is 2. The van der Waals surface area contributed by atoms with Crippen molar-refractivity contribution in [3.8, 4) is 11.5 Å². The first-order valence-corrected chi connectivity index (χ1v) is 9.76. The van der Waals surface area contributed by atoms with Gasteiger partial charge in [0.2, 0.25) is 6.10 Å². The highest BCUT2D eigenvalue weighted by atomic mass is 32.1. The Hall–Kier alpha value is -2.86. The van der Waals surface area contributed by atoms with E-state index in [0.717, 1.165) is 12.0 Å². The molecule has 0 unspecified atom stereocenters. The molecule has 0 aliphatic carbocycles. The van der Waals surface area contributed by atoms with E-state index in [2.05, 4.69) is 16.4 Å². The van der Waals surface area contributed by atoms with Crippen LogP contribution in [0.2, 0.25) is 0 Å². The van der Waals surface area contributed by atoms with Gasteiger partial charge in [-0.2, -0.15) is 0 Å². The minimum Gasteiger partial charge on any atom is -0.485 e. The van der Waals surface area contributed by atoms with Gasteiger partial charge in [-0.1, -0.05) is 24.3 Å². The van der Waals surface area contributed by atoms with Crippen LogP contribution in [-0.4, -0.2) is 35.0 Å². The average Bonchev–Trinajstić information content (AvgIpc) is 3.24. The molecule has 1 atom stereocenters. The molecule has 138 valence electrons. The second kappa shape index (κ2) is 8.22. The van der Waals surface area contributed by atoms with Gasteiger partial charge in [0.25, 0.3) is 5.91 Å². The number of aromatic nitrogens is 1. The lowest BCUT2D eigenvalue weighted by atomic mass is 10.2. The Bertz CT molecular complexity index is 883. The van der Waals surface area contributed by atoms with Crippen molar-refractivity contribution in [1.82, 2.24) is 9.88 Å². The predicted molar refractivity (Wildman–Crippen MR) is 104 cm³/mol. The lowest BCUT2D eigenvalue weighted by Gasteiger charge is -2.30. The molecule has 0 N–H and O–H groups in total. The van der Waals surface area contributed by atoms with E-state index in [0.29, 0.717) is 24.6 Å². The van der Waals surface area contributed by atoms with E-state index in [1.807, 2.05) is 47.4 Å². The van der Waals surface area contributed by atoms with Crippen molar-refractivity contribution in [2.24, 2.45) is 0 Å². The third-order valence-electron chi connectivity index (χ3n) is 4.40. The van der Waals surface area contributed by atoms with Gasteiger partial charge in [0.1, 0.15) is 6.61 Å². The van der Waals surface area contributed by atoms with Crippen molar-refractivity contribution >= 4 is 17.2 Å². The maximum absolute atomic E-state index is 13.2. The molecule has 1 aromatic carbocycles. The Balaban J connectivity index is 1.49. The van der Waals surface area contributed by atoms with Crippen molar-refractivity contribution in [2.45, 2.75) is 19.1 Å². The van der Waals surface area contributed by atoms with E-state index in [1.54, 1.807) is 23.7 Å². The molecule has 0 saturated heterocycles. The predicted octanol–water partition coefficient (Wildman–Crippen LogP) is 3.55. The number of amides is 1. The van der Waals surface area contributed by atoms with Crippen molar-refractivity contribution in [3.63, 3.8) is 0 Å². The number of para-hydroxylation sites is 2. The second-order valence-corrected chi connectivity index (χ2v) is 7.35. The number of thiophene rings is 1. The molecule has 3 heterocycles. The summed E-state index contributed by atoms with van der Waals surface area (Å²) in [5.74, 6) is 1.23. The highest BCUT2D eigenvalue weighted by Crippen LogP contribution is 2.31. The standard InChI is InChI=1S/C21H20N2O3S/c24-21(20-15-25-18-7-1-2-8-19(18)26-20)23(11-9-17-6-4-12-27-17)14-16-5-3-10-22-13-16/h1-8,10,12-13,20H,9,11,14-15H2/t20-/m0/s1. The molecule has 0 radical (unpaired) electrons. The van der Waals surface area contributed by atoms with E-state index < -0.39 is 6.10 Å². The summed E-state index contributed by atoms with van der Waals surface area (Å²) in [5, 5.41) is 2.05. The van der Waals surface area contributed by atoms with Gasteiger partial charge < -0.3 is 14.4 Å². The third kappa shape index (κ3) is 4.28. The van der Waals surface area contributed by atoms with Gasteiger partial charge in [-0.3, -0.25) is 9.78 Å². The summed E-state index contributed by atoms with van der Waals surface area (Å²) >= 11 is 1.70. The minimum absolute atomic E-state index is 0.0649. The monoisotopic (exact) mass is 380 g/mol. The first-order chi connectivity index (χ1) is 13.3. The van der Waals surface area contributed by atoms with Gasteiger partial charge in [-0.05, 0) is 41.6 Å². The van der Waals surface area contributed by atoms with E-state index in [1.165, 1.54) is 4.88 Å². The first-order valence-electron chi connectivity index (χ1n) is 8.88. The topological polar surface area (TPSA) is 51.7 Å². The van der Waals surface area contributed by atoms with Gasteiger partial charge in [0.05, 0.1) is 0 Å². The molecule has 0 fully saturated rings. The summed E-state index contributed by atoms with van der Waals surface area (Å²) < 4.78 is 11.6. The molecule has 0 saturated carbocycles. The molecular weight excluding hydrogens is 360 g/mol. The number of rotatable bonds is 6. The number of ether oxygens (including phenoxy) is 2. The Morgan fingerprint density at radius 2 is 2.04 bits per heavy atom. The van der Waals surface area contributed by atoms with Crippen LogP contribution in [0.3, 0.4) is 0 Å². The molecule has 1 aliphatic rings. The highest BCUT2D eigenvalue weighted by molar-refractivity contribution is 7.09. The fraction of sp³-hybridized carbons (Fsp3) is 0.238. The van der Waals surface area contributed by atoms with Gasteiger partial charge in [0.15, 0.2) is 11.5 Å². The number of carbonyl (C=O) groups is 1. The van der Waals surface area contributed by atoms with Crippen LogP contribution in [-0.2, 0) is 17.8 Å². The molecule has 6 heteroatoms. The van der Waals surface area contributed by atoms with E-state index in [4.69, 9.17) is 9.47 Å². The summed E-state index contributed by atoms with van der Waals surface area (Å²) in [4.78, 5) is 20.4. The average molecular weight is 380 g/mol. The minimum atomic E-state index is -0.639. The molecule has 0 bridgehead atoms. The molecule has 0 spiro atoms. The van der Waals surface area contributed by atoms with Crippen LogP contribution in [0.4, 0.5) is 0 Å². The quantitative estimate of drug-likeness (QED) is 0.656. The molecule has 5 nitrogen and oxygen atoms in total. The Morgan fingerprint density at radius 3 is 2.81 bits per heavy atom. The normalized spacial score (nSPS) is 15.3. The maximum Gasteiger partial charge on any atom is 0.267 e. The van der Waals surface area contributed by atoms with Crippen LogP contribution in [0.15, 0.2) is 66.3 Å². The fourth-order valence-electron chi connectivity index (χ4n) is 3.02. The summed E-state index contributed by atoms with van der Waals surface area (Å²) in [7, 11) is 0. The maximum atomic E-state index is 13.2. The summed E-state index contributed by atoms with van der Waals surface area (Å²) in [6, 6.07) is 15.4. The van der Waals surface area contributed by atoms with Crippen LogP contribution in [0.5, 0.6) is 11.5 Å². The third-order valence-corrected chi connectivity index (χ3v) is 5.34. The Morgan fingerprint density at radius 1 is 1.15 bits per heavy atom. The molecule has 1 amide bonds. The van der Waals surface area contributed by atoms with Crippen molar-refractivity contribution in [1.29, 1.82) is 0 Å². The summed E-state index contributed by atoms with van der Waals surface area (Å²) in [6.45, 7) is 1.34. The van der Waals surface area contributed by atoms with Gasteiger partial charge >= 0.3 is 0 Å². The van der Waals surface area contributed by atoms with E-state index >= 15 is 0 Å². The van der Waals surface area contributed by atoms with Crippen LogP contribution in [0.25, 0.3) is 0 Å². The zero-order chi connectivity index (χ0) is 18.5. The van der Waals surface area contributed by atoms with Gasteiger partial charge in [-0.25, -0.2) is 0 Å². The fourth-order valence-corrected chi connectivity index (χ4v) is 3.72. The summed E-state index contributed by atoms with van der Waals surface area (Å²) in [6.07, 6.45) is 3.70. The van der Waals surface area contributed by atoms with Gasteiger partial charge in [0, 0.05) is 30.4 Å². The molecule has 4 rings (SSSR count). The zero-order valence-electron chi connectivity index (χ0n) is 14.8. The lowest BCUT2D eigenvalue weighted by molar-refractivity contribution is -0.141. The number of pyridine rings is 1. The van der Waals surface area contributed by atoms with Crippen LogP contribution < -0.4 is 9.47 Å².